The fourth-order valence-corrected chi connectivity index (χ4v) is 1.82. The van der Waals surface area contributed by atoms with E-state index in [1.165, 1.54) is 17.8 Å². The van der Waals surface area contributed by atoms with E-state index in [9.17, 15) is 13.6 Å². The van der Waals surface area contributed by atoms with E-state index < -0.39 is 23.0 Å². The highest BCUT2D eigenvalue weighted by Gasteiger charge is 2.18. The van der Waals surface area contributed by atoms with Gasteiger partial charge in [-0.05, 0) is 34.3 Å². The van der Waals surface area contributed by atoms with Gasteiger partial charge < -0.3 is 0 Å². The smallest absolute Gasteiger partial charge is 0.169 e. The Balaban J connectivity index is 3.02. The van der Waals surface area contributed by atoms with Crippen molar-refractivity contribution in [3.8, 4) is 0 Å². The fraction of sp³-hybridized carbons (Fsp3) is 0.300. The highest BCUT2D eigenvalue weighted by Crippen LogP contribution is 2.23. The average Bonchev–Trinajstić information content (AvgIpc) is 2.21. The van der Waals surface area contributed by atoms with Crippen LogP contribution in [0.2, 0.25) is 0 Å². The molecule has 5 heteroatoms. The van der Waals surface area contributed by atoms with Gasteiger partial charge in [-0.25, -0.2) is 8.78 Å². The molecule has 0 amide bonds. The first kappa shape index (κ1) is 12.6. The zero-order valence-corrected chi connectivity index (χ0v) is 10.4. The van der Waals surface area contributed by atoms with E-state index in [4.69, 9.17) is 0 Å². The van der Waals surface area contributed by atoms with Crippen molar-refractivity contribution in [2.45, 2.75) is 6.42 Å². The summed E-state index contributed by atoms with van der Waals surface area (Å²) in [7, 11) is 0. The Kier molecular flexibility index (Phi) is 4.73. The van der Waals surface area contributed by atoms with Crippen LogP contribution in [0.4, 0.5) is 8.78 Å². The summed E-state index contributed by atoms with van der Waals surface area (Å²) in [5.74, 6) is -1.56. The lowest BCUT2D eigenvalue weighted by molar-refractivity contribution is 0.0981. The number of rotatable bonds is 4. The molecule has 15 heavy (non-hydrogen) atoms. The van der Waals surface area contributed by atoms with Crippen molar-refractivity contribution in [1.29, 1.82) is 0 Å². The van der Waals surface area contributed by atoms with E-state index in [-0.39, 0.29) is 10.9 Å². The molecule has 0 spiro atoms. The van der Waals surface area contributed by atoms with Crippen LogP contribution in [-0.4, -0.2) is 17.8 Å². The zero-order chi connectivity index (χ0) is 11.4. The SMILES string of the molecule is CSCCC(=O)c1c(F)ccc(Br)c1F. The number of ketones is 1. The molecule has 0 unspecified atom stereocenters. The molecule has 0 saturated heterocycles. The topological polar surface area (TPSA) is 17.1 Å². The maximum atomic E-state index is 13.4. The number of carbonyl (C=O) groups excluding carboxylic acids is 1. The Morgan fingerprint density at radius 3 is 2.73 bits per heavy atom. The minimum absolute atomic E-state index is 0.108. The number of Topliss-reactive ketones (excluding diaryl/α,β-unsaturated/α-hetero) is 1. The number of carbonyl (C=O) groups is 1. The van der Waals surface area contributed by atoms with Crippen molar-refractivity contribution in [3.05, 3.63) is 33.8 Å². The Labute approximate surface area is 99.4 Å². The van der Waals surface area contributed by atoms with E-state index in [0.717, 1.165) is 6.07 Å². The zero-order valence-electron chi connectivity index (χ0n) is 8.02. The number of halogens is 3. The minimum Gasteiger partial charge on any atom is -0.294 e. The van der Waals surface area contributed by atoms with Crippen LogP contribution in [0.1, 0.15) is 16.8 Å². The normalized spacial score (nSPS) is 10.4. The number of hydrogen-bond acceptors (Lipinski definition) is 2. The van der Waals surface area contributed by atoms with Gasteiger partial charge in [-0.2, -0.15) is 11.8 Å². The molecule has 0 saturated carbocycles. The Bertz CT molecular complexity index is 382. The molecule has 0 heterocycles. The monoisotopic (exact) mass is 294 g/mol. The van der Waals surface area contributed by atoms with Gasteiger partial charge in [0.1, 0.15) is 5.82 Å². The Morgan fingerprint density at radius 1 is 1.47 bits per heavy atom. The molecule has 1 nitrogen and oxygen atoms in total. The van der Waals surface area contributed by atoms with Crippen LogP contribution in [0.5, 0.6) is 0 Å². The van der Waals surface area contributed by atoms with Crippen LogP contribution in [0.25, 0.3) is 0 Å². The summed E-state index contributed by atoms with van der Waals surface area (Å²) in [5.41, 5.74) is -0.446. The van der Waals surface area contributed by atoms with Gasteiger partial charge in [-0.3, -0.25) is 4.79 Å². The molecule has 82 valence electrons. The molecule has 0 fully saturated rings. The number of thioether (sulfide) groups is 1. The lowest BCUT2D eigenvalue weighted by atomic mass is 10.1. The number of hydrogen-bond donors (Lipinski definition) is 0. The molecule has 0 aliphatic heterocycles. The average molecular weight is 295 g/mol. The van der Waals surface area contributed by atoms with Crippen LogP contribution in [0.3, 0.4) is 0 Å². The maximum Gasteiger partial charge on any atom is 0.169 e. The molecule has 0 N–H and O–H groups in total. The third-order valence-corrected chi connectivity index (χ3v) is 3.08. The van der Waals surface area contributed by atoms with E-state index in [1.54, 1.807) is 0 Å². The second-order valence-corrected chi connectivity index (χ2v) is 4.72. The molecule has 0 radical (unpaired) electrons. The van der Waals surface area contributed by atoms with Crippen molar-refractivity contribution < 1.29 is 13.6 Å². The van der Waals surface area contributed by atoms with E-state index >= 15 is 0 Å². The summed E-state index contributed by atoms with van der Waals surface area (Å²) in [6.45, 7) is 0. The summed E-state index contributed by atoms with van der Waals surface area (Å²) < 4.78 is 26.8. The van der Waals surface area contributed by atoms with Gasteiger partial charge >= 0.3 is 0 Å². The van der Waals surface area contributed by atoms with Gasteiger partial charge in [-0.1, -0.05) is 0 Å². The third kappa shape index (κ3) is 3.01. The van der Waals surface area contributed by atoms with Gasteiger partial charge in [0.05, 0.1) is 10.0 Å². The maximum absolute atomic E-state index is 13.4. The molecule has 0 aliphatic carbocycles. The molecule has 0 aromatic heterocycles. The molecular formula is C10H9BrF2OS. The highest BCUT2D eigenvalue weighted by molar-refractivity contribution is 9.10. The lowest BCUT2D eigenvalue weighted by Crippen LogP contribution is -2.07. The molecule has 0 atom stereocenters. The van der Waals surface area contributed by atoms with Crippen molar-refractivity contribution in [3.63, 3.8) is 0 Å². The second-order valence-electron chi connectivity index (χ2n) is 2.88. The third-order valence-electron chi connectivity index (χ3n) is 1.86. The summed E-state index contributed by atoms with van der Waals surface area (Å²) in [5, 5.41) is 0. The quantitative estimate of drug-likeness (QED) is 0.623. The minimum atomic E-state index is -0.818. The summed E-state index contributed by atoms with van der Waals surface area (Å²) in [6.07, 6.45) is 1.98. The van der Waals surface area contributed by atoms with Crippen LogP contribution < -0.4 is 0 Å². The highest BCUT2D eigenvalue weighted by atomic mass is 79.9. The standard InChI is InChI=1S/C10H9BrF2OS/c1-15-5-4-8(14)9-7(12)3-2-6(11)10(9)13/h2-3H,4-5H2,1H3. The largest absolute Gasteiger partial charge is 0.294 e. The lowest BCUT2D eigenvalue weighted by Gasteiger charge is -2.04. The van der Waals surface area contributed by atoms with E-state index in [1.807, 2.05) is 6.26 Å². The Hall–Kier alpha value is -0.420. The van der Waals surface area contributed by atoms with Crippen molar-refractivity contribution >= 4 is 33.5 Å². The first-order chi connectivity index (χ1) is 7.07. The van der Waals surface area contributed by atoms with E-state index in [2.05, 4.69) is 15.9 Å². The van der Waals surface area contributed by atoms with Crippen LogP contribution in [0, 0.1) is 11.6 Å². The molecule has 1 rings (SSSR count). The van der Waals surface area contributed by atoms with Crippen LogP contribution in [-0.2, 0) is 0 Å². The molecule has 1 aromatic rings. The van der Waals surface area contributed by atoms with Crippen molar-refractivity contribution in [2.24, 2.45) is 0 Å². The second kappa shape index (κ2) is 5.61. The van der Waals surface area contributed by atoms with Crippen molar-refractivity contribution in [2.75, 3.05) is 12.0 Å². The fourth-order valence-electron chi connectivity index (χ4n) is 1.10. The van der Waals surface area contributed by atoms with Gasteiger partial charge in [0.2, 0.25) is 0 Å². The van der Waals surface area contributed by atoms with Gasteiger partial charge in [-0.15, -0.1) is 0 Å². The van der Waals surface area contributed by atoms with Crippen LogP contribution in [0.15, 0.2) is 16.6 Å². The van der Waals surface area contributed by atoms with Gasteiger partial charge in [0.15, 0.2) is 11.6 Å². The molecule has 0 bridgehead atoms. The van der Waals surface area contributed by atoms with Gasteiger partial charge in [0, 0.05) is 12.2 Å². The predicted molar refractivity (Wildman–Crippen MR) is 61.4 cm³/mol. The summed E-state index contributed by atoms with van der Waals surface area (Å²) in [4.78, 5) is 11.5. The van der Waals surface area contributed by atoms with Crippen molar-refractivity contribution in [1.82, 2.24) is 0 Å². The van der Waals surface area contributed by atoms with Crippen LogP contribution >= 0.6 is 27.7 Å². The van der Waals surface area contributed by atoms with E-state index in [0.29, 0.717) is 5.75 Å². The summed E-state index contributed by atoms with van der Waals surface area (Å²) >= 11 is 4.38. The summed E-state index contributed by atoms with van der Waals surface area (Å²) in [6, 6.07) is 2.33. The molecule has 0 aliphatic rings. The molecule has 1 aromatic carbocycles. The predicted octanol–water partition coefficient (Wildman–Crippen LogP) is 3.66. The van der Waals surface area contributed by atoms with Gasteiger partial charge in [0.25, 0.3) is 0 Å². The molecular weight excluding hydrogens is 286 g/mol. The number of benzene rings is 1. The first-order valence-corrected chi connectivity index (χ1v) is 6.42. The first-order valence-electron chi connectivity index (χ1n) is 4.23. The Morgan fingerprint density at radius 2 is 2.13 bits per heavy atom.